The van der Waals surface area contributed by atoms with Crippen LogP contribution in [0.3, 0.4) is 0 Å². The van der Waals surface area contributed by atoms with E-state index in [1.807, 2.05) is 10.0 Å². The van der Waals surface area contributed by atoms with Crippen molar-refractivity contribution in [2.24, 2.45) is 0 Å². The zero-order valence-electron chi connectivity index (χ0n) is 14.7. The first-order valence-electron chi connectivity index (χ1n) is 7.67. The van der Waals surface area contributed by atoms with E-state index in [0.29, 0.717) is 0 Å². The van der Waals surface area contributed by atoms with Crippen molar-refractivity contribution in [3.8, 4) is 0 Å². The van der Waals surface area contributed by atoms with Crippen LogP contribution < -0.4 is 15.4 Å². The Hall–Kier alpha value is -2.57. The van der Waals surface area contributed by atoms with E-state index >= 15 is 0 Å². The monoisotopic (exact) mass is 405 g/mol. The lowest BCUT2D eigenvalue weighted by Gasteiger charge is -2.22. The van der Waals surface area contributed by atoms with Gasteiger partial charge in [-0.05, 0) is 38.1 Å². The smallest absolute Gasteiger partial charge is 0.327 e. The molecule has 12 heteroatoms. The lowest BCUT2D eigenvalue weighted by molar-refractivity contribution is -0.158. The fourth-order valence-corrected chi connectivity index (χ4v) is 3.03. The fourth-order valence-electron chi connectivity index (χ4n) is 1.77. The molecule has 0 aliphatic carbocycles. The summed E-state index contributed by atoms with van der Waals surface area (Å²) in [5, 5.41) is 13.7. The Bertz CT molecular complexity index is 796. The van der Waals surface area contributed by atoms with Gasteiger partial charge in [-0.3, -0.25) is 14.9 Å². The van der Waals surface area contributed by atoms with Crippen molar-refractivity contribution >= 4 is 27.9 Å². The van der Waals surface area contributed by atoms with Gasteiger partial charge < -0.3 is 15.2 Å². The van der Waals surface area contributed by atoms with Crippen LogP contribution >= 0.6 is 0 Å². The summed E-state index contributed by atoms with van der Waals surface area (Å²) in [5.74, 6) is -2.85. The van der Waals surface area contributed by atoms with E-state index in [-0.39, 0.29) is 4.90 Å². The molecule has 4 N–H and O–H groups in total. The number of carbonyl (C=O) groups is 3. The zero-order valence-corrected chi connectivity index (χ0v) is 15.5. The molecule has 0 aliphatic rings. The van der Waals surface area contributed by atoms with E-state index in [2.05, 4.69) is 5.32 Å². The van der Waals surface area contributed by atoms with Gasteiger partial charge in [-0.2, -0.15) is 4.72 Å². The number of hydrogen-bond donors (Lipinski definition) is 4. The quantitative estimate of drug-likeness (QED) is 0.435. The van der Waals surface area contributed by atoms with Gasteiger partial charge in [0.05, 0.1) is 11.0 Å². The highest BCUT2D eigenvalue weighted by atomic mass is 32.2. The second-order valence-electron chi connectivity index (χ2n) is 5.44. The SMILES string of the molecule is CNC(=O)NC(=O)[C@H](C)OC(=O)[C@H](NS(=O)(=O)c1ccc(F)cc1)[C@@H](C)O. The van der Waals surface area contributed by atoms with Crippen LogP contribution in [0.1, 0.15) is 13.8 Å². The Kier molecular flexibility index (Phi) is 7.82. The Labute approximate surface area is 155 Å². The lowest BCUT2D eigenvalue weighted by Crippen LogP contribution is -2.51. The van der Waals surface area contributed by atoms with Crippen molar-refractivity contribution in [3.63, 3.8) is 0 Å². The van der Waals surface area contributed by atoms with E-state index in [1.54, 1.807) is 0 Å². The predicted molar refractivity (Wildman–Crippen MR) is 90.3 cm³/mol. The number of aliphatic hydroxyl groups excluding tert-OH is 1. The minimum absolute atomic E-state index is 0.340. The standard InChI is InChI=1S/C15H20FN3O7S/c1-8(20)12(14(22)26-9(2)13(21)18-15(23)17-3)19-27(24,25)11-6-4-10(16)5-7-11/h4-9,12,19-20H,1-3H3,(H2,17,18,21,23)/t8-,9+,12-/m1/s1. The van der Waals surface area contributed by atoms with Crippen molar-refractivity contribution in [2.45, 2.75) is 37.0 Å². The van der Waals surface area contributed by atoms with Crippen LogP contribution in [0.25, 0.3) is 0 Å². The van der Waals surface area contributed by atoms with E-state index in [1.165, 1.54) is 7.05 Å². The third kappa shape index (κ3) is 6.58. The molecule has 0 fully saturated rings. The summed E-state index contributed by atoms with van der Waals surface area (Å²) in [6, 6.07) is 1.20. The molecular formula is C15H20FN3O7S. The molecule has 0 saturated heterocycles. The molecule has 0 bridgehead atoms. The number of halogens is 1. The summed E-state index contributed by atoms with van der Waals surface area (Å²) in [4.78, 5) is 34.6. The van der Waals surface area contributed by atoms with E-state index in [9.17, 15) is 32.3 Å². The third-order valence-electron chi connectivity index (χ3n) is 3.27. The largest absolute Gasteiger partial charge is 0.451 e. The van der Waals surface area contributed by atoms with Crippen molar-refractivity contribution in [3.05, 3.63) is 30.1 Å². The molecule has 150 valence electrons. The number of esters is 1. The number of amides is 3. The maximum atomic E-state index is 12.9. The number of aliphatic hydroxyl groups is 1. The molecule has 0 heterocycles. The molecule has 27 heavy (non-hydrogen) atoms. The number of sulfonamides is 1. The third-order valence-corrected chi connectivity index (χ3v) is 4.73. The Morgan fingerprint density at radius 2 is 1.70 bits per heavy atom. The van der Waals surface area contributed by atoms with Crippen LogP contribution in [0.2, 0.25) is 0 Å². The summed E-state index contributed by atoms with van der Waals surface area (Å²) in [6.07, 6.45) is -2.95. The van der Waals surface area contributed by atoms with Gasteiger partial charge in [-0.15, -0.1) is 0 Å². The summed E-state index contributed by atoms with van der Waals surface area (Å²) < 4.78 is 44.2. The first kappa shape index (κ1) is 22.5. The van der Waals surface area contributed by atoms with Crippen molar-refractivity contribution in [2.75, 3.05) is 7.05 Å². The molecule has 3 atom stereocenters. The molecule has 0 saturated carbocycles. The highest BCUT2D eigenvalue weighted by molar-refractivity contribution is 7.89. The van der Waals surface area contributed by atoms with E-state index < -0.39 is 52.0 Å². The van der Waals surface area contributed by atoms with Gasteiger partial charge in [-0.1, -0.05) is 0 Å². The summed E-state index contributed by atoms with van der Waals surface area (Å²) in [6.45, 7) is 2.29. The second kappa shape index (κ2) is 9.39. The van der Waals surface area contributed by atoms with Crippen molar-refractivity contribution in [1.82, 2.24) is 15.4 Å². The average Bonchev–Trinajstić information content (AvgIpc) is 2.59. The molecule has 0 radical (unpaired) electrons. The number of urea groups is 1. The second-order valence-corrected chi connectivity index (χ2v) is 7.15. The van der Waals surface area contributed by atoms with Gasteiger partial charge in [0.15, 0.2) is 6.10 Å². The van der Waals surface area contributed by atoms with Crippen LogP contribution in [-0.2, 0) is 24.3 Å². The van der Waals surface area contributed by atoms with Crippen LogP contribution in [0, 0.1) is 5.82 Å². The number of hydrogen-bond acceptors (Lipinski definition) is 7. The maximum Gasteiger partial charge on any atom is 0.327 e. The van der Waals surface area contributed by atoms with Crippen LogP contribution in [0.5, 0.6) is 0 Å². The normalized spacial score (nSPS) is 14.6. The number of imide groups is 1. The molecular weight excluding hydrogens is 385 g/mol. The minimum atomic E-state index is -4.29. The number of rotatable bonds is 7. The molecule has 1 rings (SSSR count). The summed E-state index contributed by atoms with van der Waals surface area (Å²) in [7, 11) is -3.02. The Morgan fingerprint density at radius 1 is 1.15 bits per heavy atom. The van der Waals surface area contributed by atoms with Gasteiger partial charge in [0, 0.05) is 7.05 Å². The van der Waals surface area contributed by atoms with E-state index in [4.69, 9.17) is 4.74 Å². The predicted octanol–water partition coefficient (Wildman–Crippen LogP) is -0.759. The molecule has 3 amide bonds. The van der Waals surface area contributed by atoms with Crippen LogP contribution in [-0.4, -0.2) is 56.7 Å². The minimum Gasteiger partial charge on any atom is -0.451 e. The van der Waals surface area contributed by atoms with Crippen molar-refractivity contribution in [1.29, 1.82) is 0 Å². The van der Waals surface area contributed by atoms with Gasteiger partial charge >= 0.3 is 12.0 Å². The topological polar surface area (TPSA) is 151 Å². The van der Waals surface area contributed by atoms with Crippen LogP contribution in [0.4, 0.5) is 9.18 Å². The first-order chi connectivity index (χ1) is 12.5. The van der Waals surface area contributed by atoms with E-state index in [0.717, 1.165) is 38.1 Å². The fraction of sp³-hybridized carbons (Fsp3) is 0.400. The van der Waals surface area contributed by atoms with Gasteiger partial charge in [0.25, 0.3) is 5.91 Å². The molecule has 1 aromatic carbocycles. The molecule has 10 nitrogen and oxygen atoms in total. The maximum absolute atomic E-state index is 12.9. The van der Waals surface area contributed by atoms with Crippen LogP contribution in [0.15, 0.2) is 29.2 Å². The molecule has 0 unspecified atom stereocenters. The average molecular weight is 405 g/mol. The molecule has 0 aromatic heterocycles. The molecule has 1 aromatic rings. The number of ether oxygens (including phenoxy) is 1. The van der Waals surface area contributed by atoms with Gasteiger partial charge in [0.2, 0.25) is 10.0 Å². The molecule has 0 spiro atoms. The van der Waals surface area contributed by atoms with Gasteiger partial charge in [-0.25, -0.2) is 17.6 Å². The van der Waals surface area contributed by atoms with Gasteiger partial charge in [0.1, 0.15) is 11.9 Å². The lowest BCUT2D eigenvalue weighted by atomic mass is 10.2. The number of nitrogens with one attached hydrogen (secondary N) is 3. The Morgan fingerprint density at radius 3 is 2.19 bits per heavy atom. The highest BCUT2D eigenvalue weighted by Gasteiger charge is 2.33. The first-order valence-corrected chi connectivity index (χ1v) is 9.15. The molecule has 0 aliphatic heterocycles. The van der Waals surface area contributed by atoms with Crippen molar-refractivity contribution < 1.29 is 37.0 Å². The summed E-state index contributed by atoms with van der Waals surface area (Å²) in [5.41, 5.74) is 0. The zero-order chi connectivity index (χ0) is 20.8. The number of benzene rings is 1. The Balaban J connectivity index is 2.88. The number of carbonyl (C=O) groups excluding carboxylic acids is 3. The summed E-state index contributed by atoms with van der Waals surface area (Å²) >= 11 is 0. The highest BCUT2D eigenvalue weighted by Crippen LogP contribution is 2.12.